The maximum absolute atomic E-state index is 6.15. The summed E-state index contributed by atoms with van der Waals surface area (Å²) in [5.41, 5.74) is 7.36. The number of para-hydroxylation sites is 1. The molecule has 15 heavy (non-hydrogen) atoms. The first-order chi connectivity index (χ1) is 7.11. The van der Waals surface area contributed by atoms with Gasteiger partial charge in [0.25, 0.3) is 0 Å². The number of nitrogens with two attached hydrogens (primary N) is 1. The van der Waals surface area contributed by atoms with E-state index in [-0.39, 0.29) is 11.6 Å². The molecule has 2 N–H and O–H groups in total. The molecule has 0 bridgehead atoms. The minimum absolute atomic E-state index is 0.104. The molecule has 2 heteroatoms. The van der Waals surface area contributed by atoms with Gasteiger partial charge in [0.15, 0.2) is 0 Å². The third-order valence-electron chi connectivity index (χ3n) is 3.22. The van der Waals surface area contributed by atoms with Crippen LogP contribution in [0.2, 0.25) is 0 Å². The molecule has 2 unspecified atom stereocenters. The molecule has 0 saturated carbocycles. The normalized spacial score (nSPS) is 23.0. The van der Waals surface area contributed by atoms with Crippen molar-refractivity contribution in [3.63, 3.8) is 0 Å². The Hall–Kier alpha value is -1.02. The van der Waals surface area contributed by atoms with Crippen LogP contribution < -0.4 is 10.5 Å². The van der Waals surface area contributed by atoms with E-state index < -0.39 is 0 Å². The summed E-state index contributed by atoms with van der Waals surface area (Å²) in [6.45, 7) is 4.22. The fraction of sp³-hybridized carbons (Fsp3) is 0.538. The van der Waals surface area contributed by atoms with Gasteiger partial charge >= 0.3 is 0 Å². The lowest BCUT2D eigenvalue weighted by atomic mass is 9.91. The van der Waals surface area contributed by atoms with Crippen LogP contribution in [0.4, 0.5) is 0 Å². The second-order valence-corrected chi connectivity index (χ2v) is 4.76. The van der Waals surface area contributed by atoms with Crippen molar-refractivity contribution >= 4 is 0 Å². The van der Waals surface area contributed by atoms with E-state index >= 15 is 0 Å². The van der Waals surface area contributed by atoms with Crippen molar-refractivity contribution in [3.05, 3.63) is 29.8 Å². The Morgan fingerprint density at radius 2 is 2.20 bits per heavy atom. The first kappa shape index (κ1) is 10.5. The zero-order chi connectivity index (χ0) is 10.9. The van der Waals surface area contributed by atoms with Crippen LogP contribution in [0.3, 0.4) is 0 Å². The quantitative estimate of drug-likeness (QED) is 0.823. The van der Waals surface area contributed by atoms with E-state index in [1.54, 1.807) is 0 Å². The molecule has 1 aliphatic rings. The Morgan fingerprint density at radius 3 is 2.87 bits per heavy atom. The summed E-state index contributed by atoms with van der Waals surface area (Å²) in [6.07, 6.45) is 3.18. The van der Waals surface area contributed by atoms with Crippen molar-refractivity contribution in [2.45, 2.75) is 44.8 Å². The largest absolute Gasteiger partial charge is 0.490 e. The Bertz CT molecular complexity index is 321. The van der Waals surface area contributed by atoms with Gasteiger partial charge in [-0.05, 0) is 25.0 Å². The van der Waals surface area contributed by atoms with Crippen LogP contribution >= 0.6 is 0 Å². The fourth-order valence-electron chi connectivity index (χ4n) is 2.03. The molecule has 2 nitrogen and oxygen atoms in total. The van der Waals surface area contributed by atoms with Crippen LogP contribution in [0.1, 0.15) is 32.3 Å². The summed E-state index contributed by atoms with van der Waals surface area (Å²) in [5.74, 6) is 1.04. The number of hydrogen-bond acceptors (Lipinski definition) is 2. The van der Waals surface area contributed by atoms with Gasteiger partial charge in [0, 0.05) is 18.4 Å². The van der Waals surface area contributed by atoms with Crippen molar-refractivity contribution in [3.8, 4) is 5.75 Å². The van der Waals surface area contributed by atoms with E-state index in [1.807, 2.05) is 12.1 Å². The summed E-state index contributed by atoms with van der Waals surface area (Å²) in [5, 5.41) is 0. The van der Waals surface area contributed by atoms with E-state index in [0.717, 1.165) is 25.0 Å². The first-order valence-electron chi connectivity index (χ1n) is 5.64. The zero-order valence-corrected chi connectivity index (χ0v) is 9.49. The second-order valence-electron chi connectivity index (χ2n) is 4.76. The van der Waals surface area contributed by atoms with Crippen molar-refractivity contribution in [2.75, 3.05) is 0 Å². The molecule has 1 heterocycles. The molecular formula is C13H19NO. The molecular weight excluding hydrogens is 186 g/mol. The van der Waals surface area contributed by atoms with Gasteiger partial charge in [0.05, 0.1) is 0 Å². The van der Waals surface area contributed by atoms with Crippen LogP contribution in [0.5, 0.6) is 5.75 Å². The smallest absolute Gasteiger partial charge is 0.123 e. The molecule has 0 aromatic heterocycles. The van der Waals surface area contributed by atoms with Crippen LogP contribution in [0.25, 0.3) is 0 Å². The number of hydrogen-bond donors (Lipinski definition) is 1. The maximum Gasteiger partial charge on any atom is 0.123 e. The lowest BCUT2D eigenvalue weighted by Gasteiger charge is -2.25. The monoisotopic (exact) mass is 205 g/mol. The highest BCUT2D eigenvalue weighted by atomic mass is 16.5. The molecule has 1 aromatic carbocycles. The van der Waals surface area contributed by atoms with Gasteiger partial charge in [-0.15, -0.1) is 0 Å². The lowest BCUT2D eigenvalue weighted by molar-refractivity contribution is 0.183. The molecule has 0 spiro atoms. The van der Waals surface area contributed by atoms with Crippen molar-refractivity contribution < 1.29 is 4.74 Å². The topological polar surface area (TPSA) is 35.2 Å². The molecule has 0 saturated heterocycles. The Kier molecular flexibility index (Phi) is 2.70. The highest BCUT2D eigenvalue weighted by Gasteiger charge is 2.28. The van der Waals surface area contributed by atoms with Crippen molar-refractivity contribution in [2.24, 2.45) is 5.73 Å². The van der Waals surface area contributed by atoms with Gasteiger partial charge in [-0.1, -0.05) is 25.1 Å². The molecule has 2 rings (SSSR count). The maximum atomic E-state index is 6.15. The molecule has 82 valence electrons. The SMILES string of the molecule is CCC(C)(N)CC1Cc2ccccc2O1. The Morgan fingerprint density at radius 1 is 1.47 bits per heavy atom. The van der Waals surface area contributed by atoms with Gasteiger partial charge in [0.2, 0.25) is 0 Å². The van der Waals surface area contributed by atoms with Gasteiger partial charge in [-0.3, -0.25) is 0 Å². The van der Waals surface area contributed by atoms with Crippen molar-refractivity contribution in [1.29, 1.82) is 0 Å². The second kappa shape index (κ2) is 3.86. The van der Waals surface area contributed by atoms with Crippen molar-refractivity contribution in [1.82, 2.24) is 0 Å². The van der Waals surface area contributed by atoms with E-state index in [0.29, 0.717) is 0 Å². The van der Waals surface area contributed by atoms with E-state index in [1.165, 1.54) is 5.56 Å². The standard InChI is InChI=1S/C13H19NO/c1-3-13(2,14)9-11-8-10-6-4-5-7-12(10)15-11/h4-7,11H,3,8-9,14H2,1-2H3. The molecule has 1 aromatic rings. The van der Waals surface area contributed by atoms with Crippen LogP contribution in [-0.2, 0) is 6.42 Å². The number of benzene rings is 1. The highest BCUT2D eigenvalue weighted by Crippen LogP contribution is 2.31. The number of rotatable bonds is 3. The zero-order valence-electron chi connectivity index (χ0n) is 9.49. The molecule has 0 amide bonds. The summed E-state index contributed by atoms with van der Waals surface area (Å²) in [6, 6.07) is 8.25. The Labute approximate surface area is 91.4 Å². The molecule has 0 radical (unpaired) electrons. The summed E-state index contributed by atoms with van der Waals surface area (Å²) in [7, 11) is 0. The predicted octanol–water partition coefficient (Wildman–Crippen LogP) is 2.51. The Balaban J connectivity index is 2.02. The van der Waals surface area contributed by atoms with Gasteiger partial charge in [-0.25, -0.2) is 0 Å². The predicted molar refractivity (Wildman–Crippen MR) is 62.1 cm³/mol. The average molecular weight is 205 g/mol. The van der Waals surface area contributed by atoms with E-state index in [4.69, 9.17) is 10.5 Å². The summed E-state index contributed by atoms with van der Waals surface area (Å²) >= 11 is 0. The van der Waals surface area contributed by atoms with E-state index in [9.17, 15) is 0 Å². The molecule has 1 aliphatic heterocycles. The fourth-order valence-corrected chi connectivity index (χ4v) is 2.03. The van der Waals surface area contributed by atoms with Crippen LogP contribution in [0, 0.1) is 0 Å². The number of fused-ring (bicyclic) bond motifs is 1. The van der Waals surface area contributed by atoms with Crippen LogP contribution in [-0.4, -0.2) is 11.6 Å². The van der Waals surface area contributed by atoms with Crippen LogP contribution in [0.15, 0.2) is 24.3 Å². The third-order valence-corrected chi connectivity index (χ3v) is 3.22. The van der Waals surface area contributed by atoms with Gasteiger partial charge in [0.1, 0.15) is 11.9 Å². The average Bonchev–Trinajstić information content (AvgIpc) is 2.58. The van der Waals surface area contributed by atoms with Gasteiger partial charge < -0.3 is 10.5 Å². The number of ether oxygens (including phenoxy) is 1. The first-order valence-corrected chi connectivity index (χ1v) is 5.64. The molecule has 0 fully saturated rings. The lowest BCUT2D eigenvalue weighted by Crippen LogP contribution is -2.40. The summed E-state index contributed by atoms with van der Waals surface area (Å²) in [4.78, 5) is 0. The third kappa shape index (κ3) is 2.32. The van der Waals surface area contributed by atoms with E-state index in [2.05, 4.69) is 26.0 Å². The van der Waals surface area contributed by atoms with Gasteiger partial charge in [-0.2, -0.15) is 0 Å². The molecule has 0 aliphatic carbocycles. The summed E-state index contributed by atoms with van der Waals surface area (Å²) < 4.78 is 5.86. The minimum Gasteiger partial charge on any atom is -0.490 e. The highest BCUT2D eigenvalue weighted by molar-refractivity contribution is 5.37. The minimum atomic E-state index is -0.104. The molecule has 2 atom stereocenters.